The fourth-order valence-corrected chi connectivity index (χ4v) is 4.39. The highest BCUT2D eigenvalue weighted by atomic mass is 16.5. The minimum atomic E-state index is -0.392. The Balaban J connectivity index is 2.13. The second kappa shape index (κ2) is 5.27. The quantitative estimate of drug-likeness (QED) is 0.805. The second-order valence-corrected chi connectivity index (χ2v) is 7.15. The normalized spacial score (nSPS) is 30.0. The molecule has 4 heteroatoms. The minimum Gasteiger partial charge on any atom is -0.493 e. The van der Waals surface area contributed by atoms with Crippen LogP contribution < -0.4 is 9.47 Å². The van der Waals surface area contributed by atoms with Gasteiger partial charge in [0.05, 0.1) is 40.3 Å². The Morgan fingerprint density at radius 3 is 2.64 bits per heavy atom. The number of fused-ring (bicyclic) bond motifs is 2. The zero-order valence-electron chi connectivity index (χ0n) is 14.0. The van der Waals surface area contributed by atoms with Crippen LogP contribution in [0.3, 0.4) is 0 Å². The van der Waals surface area contributed by atoms with Crippen molar-refractivity contribution in [1.29, 1.82) is 0 Å². The van der Waals surface area contributed by atoms with Crippen LogP contribution in [0, 0.1) is 0 Å². The van der Waals surface area contributed by atoms with Crippen molar-refractivity contribution < 1.29 is 18.8 Å². The van der Waals surface area contributed by atoms with Crippen molar-refractivity contribution >= 4 is 5.78 Å². The van der Waals surface area contributed by atoms with Crippen LogP contribution in [0.15, 0.2) is 18.2 Å². The summed E-state index contributed by atoms with van der Waals surface area (Å²) in [6.45, 7) is 1.02. The predicted octanol–water partition coefficient (Wildman–Crippen LogP) is 2.54. The molecule has 2 bridgehead atoms. The summed E-state index contributed by atoms with van der Waals surface area (Å²) >= 11 is 0. The highest BCUT2D eigenvalue weighted by Gasteiger charge is 2.56. The number of hydrogen-bond donors (Lipinski definition) is 0. The number of ether oxygens (including phenoxy) is 2. The average molecular weight is 304 g/mol. The van der Waals surface area contributed by atoms with Crippen LogP contribution in [0.2, 0.25) is 0 Å². The number of carbonyl (C=O) groups is 1. The Morgan fingerprint density at radius 1 is 1.18 bits per heavy atom. The smallest absolute Gasteiger partial charge is 0.200 e. The zero-order chi connectivity index (χ0) is 16.0. The molecule has 3 rings (SSSR count). The van der Waals surface area contributed by atoms with Gasteiger partial charge in [0.1, 0.15) is 6.04 Å². The minimum absolute atomic E-state index is 0.110. The first-order chi connectivity index (χ1) is 10.5. The summed E-state index contributed by atoms with van der Waals surface area (Å²) in [5, 5.41) is 0. The van der Waals surface area contributed by atoms with Gasteiger partial charge >= 0.3 is 0 Å². The topological polar surface area (TPSA) is 35.5 Å². The van der Waals surface area contributed by atoms with Crippen LogP contribution in [0.4, 0.5) is 0 Å². The number of methoxy groups -OCH3 is 2. The molecule has 2 aliphatic rings. The SMILES string of the molecule is COc1cccc([C@@]23CCC[C@@H](C2=O)[N+](C)(C)CC3)c1OC. The summed E-state index contributed by atoms with van der Waals surface area (Å²) in [6, 6.07) is 6.02. The Bertz CT molecular complexity index is 596. The van der Waals surface area contributed by atoms with Crippen LogP contribution in [0.1, 0.15) is 31.2 Å². The van der Waals surface area contributed by atoms with Gasteiger partial charge in [0.15, 0.2) is 11.5 Å². The van der Waals surface area contributed by atoms with Gasteiger partial charge in [-0.15, -0.1) is 0 Å². The molecule has 1 heterocycles. The number of benzene rings is 1. The number of hydrogen-bond acceptors (Lipinski definition) is 3. The molecule has 0 aromatic heterocycles. The first kappa shape index (κ1) is 15.3. The van der Waals surface area contributed by atoms with E-state index >= 15 is 0 Å². The number of piperidine rings is 1. The van der Waals surface area contributed by atoms with E-state index in [9.17, 15) is 4.79 Å². The van der Waals surface area contributed by atoms with Crippen molar-refractivity contribution in [1.82, 2.24) is 0 Å². The molecule has 0 radical (unpaired) electrons. The molecule has 1 saturated carbocycles. The fourth-order valence-electron chi connectivity index (χ4n) is 4.39. The zero-order valence-corrected chi connectivity index (χ0v) is 14.0. The van der Waals surface area contributed by atoms with E-state index in [0.29, 0.717) is 11.5 Å². The molecule has 2 fully saturated rings. The fraction of sp³-hybridized carbons (Fsp3) is 0.611. The van der Waals surface area contributed by atoms with E-state index in [1.807, 2.05) is 18.2 Å². The summed E-state index contributed by atoms with van der Waals surface area (Å²) in [6.07, 6.45) is 3.91. The van der Waals surface area contributed by atoms with E-state index in [-0.39, 0.29) is 6.04 Å². The van der Waals surface area contributed by atoms with Crippen LogP contribution in [0.25, 0.3) is 0 Å². The molecule has 1 aromatic carbocycles. The van der Waals surface area contributed by atoms with E-state index in [4.69, 9.17) is 9.47 Å². The third-order valence-corrected chi connectivity index (χ3v) is 5.73. The molecule has 0 amide bonds. The Morgan fingerprint density at radius 2 is 1.95 bits per heavy atom. The highest BCUT2D eigenvalue weighted by Crippen LogP contribution is 2.50. The van der Waals surface area contributed by atoms with Gasteiger partial charge in [0, 0.05) is 18.4 Å². The third kappa shape index (κ3) is 2.04. The van der Waals surface area contributed by atoms with E-state index in [1.165, 1.54) is 0 Å². The van der Waals surface area contributed by atoms with Crippen LogP contribution in [-0.2, 0) is 10.2 Å². The van der Waals surface area contributed by atoms with Gasteiger partial charge in [0.25, 0.3) is 0 Å². The summed E-state index contributed by atoms with van der Waals surface area (Å²) in [4.78, 5) is 13.3. The molecule has 22 heavy (non-hydrogen) atoms. The Labute approximate surface area is 132 Å². The molecule has 0 spiro atoms. The molecule has 4 nitrogen and oxygen atoms in total. The van der Waals surface area contributed by atoms with E-state index in [1.54, 1.807) is 14.2 Å². The van der Waals surface area contributed by atoms with Gasteiger partial charge in [-0.05, 0) is 18.9 Å². The average Bonchev–Trinajstić information content (AvgIpc) is 2.51. The van der Waals surface area contributed by atoms with E-state index in [0.717, 1.165) is 48.0 Å². The Kier molecular flexibility index (Phi) is 3.68. The number of quaternary nitrogens is 1. The molecule has 120 valence electrons. The second-order valence-electron chi connectivity index (χ2n) is 7.15. The molecule has 0 unspecified atom stereocenters. The molecular weight excluding hydrogens is 278 g/mol. The van der Waals surface area contributed by atoms with Gasteiger partial charge in [-0.2, -0.15) is 0 Å². The van der Waals surface area contributed by atoms with Gasteiger partial charge < -0.3 is 14.0 Å². The molecule has 1 aliphatic heterocycles. The van der Waals surface area contributed by atoms with Crippen molar-refractivity contribution in [3.63, 3.8) is 0 Å². The molecule has 1 aromatic rings. The number of likely N-dealkylation sites (tertiary alicyclic amines) is 1. The van der Waals surface area contributed by atoms with Crippen molar-refractivity contribution in [2.75, 3.05) is 34.9 Å². The van der Waals surface area contributed by atoms with Crippen molar-refractivity contribution in [3.8, 4) is 11.5 Å². The van der Waals surface area contributed by atoms with Crippen molar-refractivity contribution in [2.24, 2.45) is 0 Å². The largest absolute Gasteiger partial charge is 0.493 e. The first-order valence-electron chi connectivity index (χ1n) is 8.05. The molecular formula is C18H26NO3+. The molecule has 1 aliphatic carbocycles. The van der Waals surface area contributed by atoms with E-state index in [2.05, 4.69) is 14.1 Å². The number of nitrogens with zero attached hydrogens (tertiary/aromatic N) is 1. The highest BCUT2D eigenvalue weighted by molar-refractivity contribution is 5.95. The lowest BCUT2D eigenvalue weighted by Crippen LogP contribution is -2.65. The predicted molar refractivity (Wildman–Crippen MR) is 85.5 cm³/mol. The maximum absolute atomic E-state index is 13.3. The summed E-state index contributed by atoms with van der Waals surface area (Å²) in [7, 11) is 7.67. The number of rotatable bonds is 3. The van der Waals surface area contributed by atoms with Crippen LogP contribution >= 0.6 is 0 Å². The maximum atomic E-state index is 13.3. The lowest BCUT2D eigenvalue weighted by molar-refractivity contribution is -0.910. The summed E-state index contributed by atoms with van der Waals surface area (Å²) in [5.74, 6) is 1.83. The number of para-hydroxylation sites is 1. The lowest BCUT2D eigenvalue weighted by Gasteiger charge is -2.51. The number of ketones is 1. The monoisotopic (exact) mass is 304 g/mol. The van der Waals surface area contributed by atoms with Gasteiger partial charge in [-0.3, -0.25) is 4.79 Å². The van der Waals surface area contributed by atoms with Gasteiger partial charge in [0.2, 0.25) is 5.78 Å². The number of likely N-dealkylation sites (N-methyl/N-ethyl adjacent to an activating group) is 1. The van der Waals surface area contributed by atoms with Crippen LogP contribution in [-0.4, -0.2) is 51.2 Å². The maximum Gasteiger partial charge on any atom is 0.200 e. The van der Waals surface area contributed by atoms with Gasteiger partial charge in [-0.25, -0.2) is 0 Å². The van der Waals surface area contributed by atoms with Gasteiger partial charge in [-0.1, -0.05) is 12.1 Å². The molecule has 2 atom stereocenters. The van der Waals surface area contributed by atoms with Crippen LogP contribution in [0.5, 0.6) is 11.5 Å². The number of Topliss-reactive ketones (excluding diaryl/α,β-unsaturated/α-hetero) is 1. The third-order valence-electron chi connectivity index (χ3n) is 5.73. The number of carbonyl (C=O) groups excluding carboxylic acids is 1. The lowest BCUT2D eigenvalue weighted by atomic mass is 9.61. The Hall–Kier alpha value is -1.55. The molecule has 1 saturated heterocycles. The van der Waals surface area contributed by atoms with Crippen molar-refractivity contribution in [3.05, 3.63) is 23.8 Å². The summed E-state index contributed by atoms with van der Waals surface area (Å²) in [5.41, 5.74) is 0.625. The standard InChI is InChI=1S/C18H26NO3/c1-19(2)12-11-18(10-6-8-14(19)17(18)20)13-7-5-9-15(21-3)16(13)22-4/h5,7,9,14H,6,8,10-12H2,1-4H3/q+1/t14-,18-/m0/s1. The van der Waals surface area contributed by atoms with Crippen molar-refractivity contribution in [2.45, 2.75) is 37.1 Å². The van der Waals surface area contributed by atoms with E-state index < -0.39 is 5.41 Å². The molecule has 0 N–H and O–H groups in total. The summed E-state index contributed by atoms with van der Waals surface area (Å²) < 4.78 is 11.9. The first-order valence-corrected chi connectivity index (χ1v) is 8.05.